The Labute approximate surface area is 108 Å². The third kappa shape index (κ3) is 3.01. The van der Waals surface area contributed by atoms with Crippen molar-refractivity contribution in [3.8, 4) is 0 Å². The molecule has 2 amide bonds. The van der Waals surface area contributed by atoms with Crippen LogP contribution in [0.3, 0.4) is 0 Å². The van der Waals surface area contributed by atoms with Crippen molar-refractivity contribution in [2.24, 2.45) is 5.92 Å². The van der Waals surface area contributed by atoms with Crippen molar-refractivity contribution in [3.63, 3.8) is 0 Å². The van der Waals surface area contributed by atoms with Crippen LogP contribution in [-0.4, -0.2) is 35.2 Å². The molecule has 1 aromatic carbocycles. The van der Waals surface area contributed by atoms with Crippen molar-refractivity contribution in [2.45, 2.75) is 26.4 Å². The van der Waals surface area contributed by atoms with Gasteiger partial charge in [0.05, 0.1) is 6.10 Å². The predicted octanol–water partition coefficient (Wildman–Crippen LogP) is 2.23. The third-order valence-corrected chi connectivity index (χ3v) is 3.48. The highest BCUT2D eigenvalue weighted by Gasteiger charge is 2.27. The minimum Gasteiger partial charge on any atom is -0.391 e. The number of hydrogen-bond donors (Lipinski definition) is 2. The van der Waals surface area contributed by atoms with Crippen molar-refractivity contribution in [1.82, 2.24) is 4.90 Å². The Hall–Kier alpha value is -1.55. The molecule has 18 heavy (non-hydrogen) atoms. The third-order valence-electron chi connectivity index (χ3n) is 3.48. The molecule has 0 saturated carbocycles. The lowest BCUT2D eigenvalue weighted by atomic mass is 9.96. The van der Waals surface area contributed by atoms with Crippen molar-refractivity contribution in [3.05, 3.63) is 29.8 Å². The van der Waals surface area contributed by atoms with Crippen LogP contribution in [0.4, 0.5) is 10.5 Å². The van der Waals surface area contributed by atoms with Gasteiger partial charge in [0.2, 0.25) is 0 Å². The summed E-state index contributed by atoms with van der Waals surface area (Å²) in [5.41, 5.74) is 1.91. The lowest BCUT2D eigenvalue weighted by Gasteiger charge is -2.34. The number of hydrogen-bond acceptors (Lipinski definition) is 2. The number of likely N-dealkylation sites (tertiary alicyclic amines) is 1. The number of urea groups is 1. The Bertz CT molecular complexity index is 434. The highest BCUT2D eigenvalue weighted by molar-refractivity contribution is 5.89. The van der Waals surface area contributed by atoms with E-state index in [-0.39, 0.29) is 11.9 Å². The second-order valence-electron chi connectivity index (χ2n) is 5.08. The van der Waals surface area contributed by atoms with E-state index in [9.17, 15) is 9.90 Å². The van der Waals surface area contributed by atoms with Gasteiger partial charge in [0.25, 0.3) is 0 Å². The molecule has 2 unspecified atom stereocenters. The Balaban J connectivity index is 1.96. The number of benzene rings is 1. The molecule has 2 atom stereocenters. The van der Waals surface area contributed by atoms with Crippen LogP contribution in [0.1, 0.15) is 18.9 Å². The zero-order valence-corrected chi connectivity index (χ0v) is 10.9. The number of rotatable bonds is 1. The van der Waals surface area contributed by atoms with Gasteiger partial charge in [-0.15, -0.1) is 0 Å². The monoisotopic (exact) mass is 248 g/mol. The molecule has 98 valence electrons. The second-order valence-corrected chi connectivity index (χ2v) is 5.08. The Morgan fingerprint density at radius 3 is 2.94 bits per heavy atom. The van der Waals surface area contributed by atoms with Crippen molar-refractivity contribution < 1.29 is 9.90 Å². The summed E-state index contributed by atoms with van der Waals surface area (Å²) >= 11 is 0. The minimum absolute atomic E-state index is 0.133. The van der Waals surface area contributed by atoms with Gasteiger partial charge in [-0.1, -0.05) is 19.1 Å². The highest BCUT2D eigenvalue weighted by atomic mass is 16.3. The van der Waals surface area contributed by atoms with Gasteiger partial charge in [-0.3, -0.25) is 0 Å². The zero-order valence-electron chi connectivity index (χ0n) is 10.9. The smallest absolute Gasteiger partial charge is 0.321 e. The van der Waals surface area contributed by atoms with Crippen LogP contribution < -0.4 is 5.32 Å². The molecule has 0 spiro atoms. The summed E-state index contributed by atoms with van der Waals surface area (Å²) in [6.45, 7) is 5.12. The summed E-state index contributed by atoms with van der Waals surface area (Å²) in [5, 5.41) is 12.6. The number of aliphatic hydroxyl groups excluding tert-OH is 1. The summed E-state index contributed by atoms with van der Waals surface area (Å²) in [5.74, 6) is 0.271. The van der Waals surface area contributed by atoms with Crippen LogP contribution in [0.5, 0.6) is 0 Å². The maximum Gasteiger partial charge on any atom is 0.321 e. The van der Waals surface area contributed by atoms with Gasteiger partial charge in [-0.25, -0.2) is 4.79 Å². The van der Waals surface area contributed by atoms with Gasteiger partial charge < -0.3 is 15.3 Å². The predicted molar refractivity (Wildman–Crippen MR) is 71.6 cm³/mol. The molecule has 2 N–H and O–H groups in total. The largest absolute Gasteiger partial charge is 0.391 e. The van der Waals surface area contributed by atoms with Gasteiger partial charge >= 0.3 is 6.03 Å². The number of piperidine rings is 1. The molecule has 4 nitrogen and oxygen atoms in total. The Morgan fingerprint density at radius 2 is 2.28 bits per heavy atom. The number of nitrogens with zero attached hydrogens (tertiary/aromatic N) is 1. The van der Waals surface area contributed by atoms with Crippen molar-refractivity contribution in [1.29, 1.82) is 0 Å². The molecule has 0 aromatic heterocycles. The zero-order chi connectivity index (χ0) is 13.1. The Kier molecular flexibility index (Phi) is 3.87. The molecule has 1 aliphatic rings. The average Bonchev–Trinajstić information content (AvgIpc) is 2.32. The van der Waals surface area contributed by atoms with Gasteiger partial charge in [0, 0.05) is 18.8 Å². The quantitative estimate of drug-likeness (QED) is 0.800. The van der Waals surface area contributed by atoms with Crippen LogP contribution in [0.15, 0.2) is 24.3 Å². The van der Waals surface area contributed by atoms with Crippen LogP contribution in [0.2, 0.25) is 0 Å². The molecule has 1 heterocycles. The van der Waals surface area contributed by atoms with Gasteiger partial charge in [-0.05, 0) is 37.0 Å². The lowest BCUT2D eigenvalue weighted by Crippen LogP contribution is -2.47. The van der Waals surface area contributed by atoms with Gasteiger partial charge in [-0.2, -0.15) is 0 Å². The first-order chi connectivity index (χ1) is 8.56. The Morgan fingerprint density at radius 1 is 1.50 bits per heavy atom. The fraction of sp³-hybridized carbons (Fsp3) is 0.500. The number of β-amino-alcohol motifs (C(OH)–C–C–N with tert-alkyl or cyclic N) is 1. The summed E-state index contributed by atoms with van der Waals surface area (Å²) in [6, 6.07) is 7.57. The summed E-state index contributed by atoms with van der Waals surface area (Å²) in [7, 11) is 0. The number of amides is 2. The number of anilines is 1. The molecule has 0 bridgehead atoms. The molecular formula is C14H20N2O2. The SMILES string of the molecule is Cc1cccc(NC(=O)N2CCC(C)C(O)C2)c1. The molecule has 4 heteroatoms. The van der Waals surface area contributed by atoms with E-state index in [0.29, 0.717) is 13.1 Å². The fourth-order valence-electron chi connectivity index (χ4n) is 2.16. The molecule has 1 aromatic rings. The van der Waals surface area contributed by atoms with E-state index < -0.39 is 6.10 Å². The molecule has 0 radical (unpaired) electrons. The number of carbonyl (C=O) groups is 1. The molecule has 1 saturated heterocycles. The van der Waals surface area contributed by atoms with Crippen LogP contribution in [0, 0.1) is 12.8 Å². The van der Waals surface area contributed by atoms with Crippen molar-refractivity contribution >= 4 is 11.7 Å². The van der Waals surface area contributed by atoms with Gasteiger partial charge in [0.1, 0.15) is 0 Å². The lowest BCUT2D eigenvalue weighted by molar-refractivity contribution is 0.0464. The average molecular weight is 248 g/mol. The van der Waals surface area contributed by atoms with E-state index in [1.165, 1.54) is 0 Å². The van der Waals surface area contributed by atoms with E-state index in [1.807, 2.05) is 38.1 Å². The second kappa shape index (κ2) is 5.40. The van der Waals surface area contributed by atoms with Gasteiger partial charge in [0.15, 0.2) is 0 Å². The first-order valence-corrected chi connectivity index (χ1v) is 6.37. The van der Waals surface area contributed by atoms with Crippen molar-refractivity contribution in [2.75, 3.05) is 18.4 Å². The molecule has 1 fully saturated rings. The minimum atomic E-state index is -0.415. The summed E-state index contributed by atoms with van der Waals surface area (Å²) < 4.78 is 0. The maximum absolute atomic E-state index is 12.0. The first kappa shape index (κ1) is 12.9. The van der Waals surface area contributed by atoms with Crippen LogP contribution in [-0.2, 0) is 0 Å². The molecular weight excluding hydrogens is 228 g/mol. The molecule has 1 aliphatic heterocycles. The van der Waals surface area contributed by atoms with Crippen LogP contribution >= 0.6 is 0 Å². The highest BCUT2D eigenvalue weighted by Crippen LogP contribution is 2.18. The molecule has 2 rings (SSSR count). The molecule has 0 aliphatic carbocycles. The van der Waals surface area contributed by atoms with E-state index >= 15 is 0 Å². The first-order valence-electron chi connectivity index (χ1n) is 6.37. The normalized spacial score (nSPS) is 23.8. The fourth-order valence-corrected chi connectivity index (χ4v) is 2.16. The van der Waals surface area contributed by atoms with E-state index in [1.54, 1.807) is 4.90 Å². The van der Waals surface area contributed by atoms with Crippen LogP contribution in [0.25, 0.3) is 0 Å². The number of carbonyl (C=O) groups excluding carboxylic acids is 1. The summed E-state index contributed by atoms with van der Waals surface area (Å²) in [6.07, 6.45) is 0.435. The number of nitrogens with one attached hydrogen (secondary N) is 1. The topological polar surface area (TPSA) is 52.6 Å². The van der Waals surface area contributed by atoms with E-state index in [0.717, 1.165) is 17.7 Å². The number of aryl methyl sites for hydroxylation is 1. The summed E-state index contributed by atoms with van der Waals surface area (Å²) in [4.78, 5) is 13.7. The maximum atomic E-state index is 12.0. The van der Waals surface area contributed by atoms with E-state index in [2.05, 4.69) is 5.32 Å². The number of aliphatic hydroxyl groups is 1. The van der Waals surface area contributed by atoms with E-state index in [4.69, 9.17) is 0 Å². The standard InChI is InChI=1S/C14H20N2O2/c1-10-4-3-5-12(8-10)15-14(18)16-7-6-11(2)13(17)9-16/h3-5,8,11,13,17H,6-7,9H2,1-2H3,(H,15,18).